The fourth-order valence-corrected chi connectivity index (χ4v) is 3.85. The van der Waals surface area contributed by atoms with E-state index in [4.69, 9.17) is 22.2 Å². The normalized spacial score (nSPS) is 17.1. The molecule has 2 fully saturated rings. The lowest BCUT2D eigenvalue weighted by molar-refractivity contribution is -0.114. The Morgan fingerprint density at radius 3 is 2.21 bits per heavy atom. The largest absolute Gasteiger partial charge is 0.397 e. The molecule has 1 saturated carbocycles. The molecule has 2 aliphatic rings. The highest BCUT2D eigenvalue weighted by atomic mass is 16.1. The first-order valence-electron chi connectivity index (χ1n) is 11.7. The van der Waals surface area contributed by atoms with Crippen LogP contribution < -0.4 is 17.2 Å². The molecule has 0 unspecified atom stereocenters. The predicted molar refractivity (Wildman–Crippen MR) is 139 cm³/mol. The first-order valence-corrected chi connectivity index (χ1v) is 11.7. The number of carbonyl (C=O) groups excluding carboxylic acids is 1. The van der Waals surface area contributed by atoms with Gasteiger partial charge in [-0.3, -0.25) is 9.79 Å². The van der Waals surface area contributed by atoms with E-state index in [1.165, 1.54) is 19.5 Å². The zero-order valence-electron chi connectivity index (χ0n) is 19.6. The van der Waals surface area contributed by atoms with Gasteiger partial charge < -0.3 is 22.1 Å². The number of benzene rings is 2. The summed E-state index contributed by atoms with van der Waals surface area (Å²) in [7, 11) is 2.14. The molecule has 34 heavy (non-hydrogen) atoms. The lowest BCUT2D eigenvalue weighted by Gasteiger charge is -2.24. The zero-order chi connectivity index (χ0) is 24.1. The molecule has 7 nitrogen and oxygen atoms in total. The first-order chi connectivity index (χ1) is 16.4. The molecule has 6 N–H and O–H groups in total. The third-order valence-electron chi connectivity index (χ3n) is 6.32. The van der Waals surface area contributed by atoms with Crippen molar-refractivity contribution in [2.45, 2.75) is 31.7 Å². The van der Waals surface area contributed by atoms with Gasteiger partial charge in [0.25, 0.3) is 5.91 Å². The Hall–Kier alpha value is -3.71. The van der Waals surface area contributed by atoms with Gasteiger partial charge in [-0.1, -0.05) is 48.5 Å². The highest BCUT2D eigenvalue weighted by molar-refractivity contribution is 6.24. The van der Waals surface area contributed by atoms with Gasteiger partial charge in [-0.25, -0.2) is 4.98 Å². The van der Waals surface area contributed by atoms with E-state index in [-0.39, 0.29) is 23.1 Å². The molecule has 0 spiro atoms. The van der Waals surface area contributed by atoms with Crippen molar-refractivity contribution < 1.29 is 4.79 Å². The minimum atomic E-state index is -0.686. The van der Waals surface area contributed by atoms with E-state index in [9.17, 15) is 4.79 Å². The number of aliphatic imine (C=N–C) groups is 1. The smallest absolute Gasteiger partial charge is 0.254 e. The molecule has 1 aromatic heterocycles. The van der Waals surface area contributed by atoms with Gasteiger partial charge in [0.05, 0.1) is 22.9 Å². The van der Waals surface area contributed by atoms with Crippen LogP contribution >= 0.6 is 0 Å². The SMILES string of the molecule is CN1CCC1.NC(=O)/C(C(N)=NC1CCC1)=C(/N)c1ccc2ccc(-c3ccccc3)nc2c1. The van der Waals surface area contributed by atoms with Crippen LogP contribution in [0.25, 0.3) is 27.9 Å². The fourth-order valence-electron chi connectivity index (χ4n) is 3.85. The van der Waals surface area contributed by atoms with Gasteiger partial charge in [0.15, 0.2) is 0 Å². The maximum atomic E-state index is 12.1. The van der Waals surface area contributed by atoms with Crippen LogP contribution in [0.2, 0.25) is 0 Å². The van der Waals surface area contributed by atoms with E-state index < -0.39 is 5.91 Å². The number of nitrogens with zero attached hydrogens (tertiary/aromatic N) is 3. The fraction of sp³-hybridized carbons (Fsp3) is 0.296. The lowest BCUT2D eigenvalue weighted by Crippen LogP contribution is -2.32. The molecular weight excluding hydrogens is 424 g/mol. The summed E-state index contributed by atoms with van der Waals surface area (Å²) in [4.78, 5) is 23.5. The minimum absolute atomic E-state index is 0.0652. The van der Waals surface area contributed by atoms with Crippen molar-refractivity contribution in [3.8, 4) is 11.3 Å². The molecule has 0 atom stereocenters. The van der Waals surface area contributed by atoms with Crippen LogP contribution in [0.5, 0.6) is 0 Å². The summed E-state index contributed by atoms with van der Waals surface area (Å²) in [5.74, 6) is -0.583. The molecule has 2 aromatic carbocycles. The number of rotatable bonds is 5. The second kappa shape index (κ2) is 10.5. The lowest BCUT2D eigenvalue weighted by atomic mass is 9.93. The number of hydrogen-bond acceptors (Lipinski definition) is 5. The summed E-state index contributed by atoms with van der Waals surface area (Å²) in [6.45, 7) is 2.64. The Kier molecular flexibility index (Phi) is 7.23. The number of carbonyl (C=O) groups is 1. The van der Waals surface area contributed by atoms with E-state index in [0.29, 0.717) is 5.56 Å². The second-order valence-electron chi connectivity index (χ2n) is 8.88. The van der Waals surface area contributed by atoms with Crippen LogP contribution in [-0.2, 0) is 4.79 Å². The number of fused-ring (bicyclic) bond motifs is 1. The van der Waals surface area contributed by atoms with Gasteiger partial charge in [-0.05, 0) is 58.0 Å². The van der Waals surface area contributed by atoms with Gasteiger partial charge in [0.1, 0.15) is 11.4 Å². The van der Waals surface area contributed by atoms with Crippen molar-refractivity contribution in [2.75, 3.05) is 20.1 Å². The number of hydrogen-bond donors (Lipinski definition) is 3. The second-order valence-corrected chi connectivity index (χ2v) is 8.88. The highest BCUT2D eigenvalue weighted by Gasteiger charge is 2.21. The Bertz CT molecular complexity index is 1230. The number of amides is 1. The van der Waals surface area contributed by atoms with Crippen molar-refractivity contribution >= 4 is 28.3 Å². The quantitative estimate of drug-likeness (QED) is 0.309. The molecule has 0 bridgehead atoms. The van der Waals surface area contributed by atoms with Crippen LogP contribution in [0.3, 0.4) is 0 Å². The van der Waals surface area contributed by atoms with Crippen LogP contribution in [0, 0.1) is 0 Å². The minimum Gasteiger partial charge on any atom is -0.397 e. The average molecular weight is 457 g/mol. The van der Waals surface area contributed by atoms with Crippen LogP contribution in [0.4, 0.5) is 0 Å². The molecule has 176 valence electrons. The van der Waals surface area contributed by atoms with Crippen molar-refractivity contribution in [1.29, 1.82) is 0 Å². The highest BCUT2D eigenvalue weighted by Crippen LogP contribution is 2.25. The van der Waals surface area contributed by atoms with Gasteiger partial charge in [0.2, 0.25) is 0 Å². The molecule has 3 aromatic rings. The number of nitrogens with two attached hydrogens (primary N) is 3. The van der Waals surface area contributed by atoms with E-state index in [0.717, 1.165) is 41.4 Å². The maximum absolute atomic E-state index is 12.1. The summed E-state index contributed by atoms with van der Waals surface area (Å²) < 4.78 is 0. The number of amidine groups is 1. The van der Waals surface area contributed by atoms with E-state index >= 15 is 0 Å². The summed E-state index contributed by atoms with van der Waals surface area (Å²) in [5.41, 5.74) is 21.5. The maximum Gasteiger partial charge on any atom is 0.254 e. The third-order valence-corrected chi connectivity index (χ3v) is 6.32. The average Bonchev–Trinajstić information content (AvgIpc) is 2.80. The number of likely N-dealkylation sites (tertiary alicyclic amines) is 1. The summed E-state index contributed by atoms with van der Waals surface area (Å²) in [5, 5.41) is 0.970. The summed E-state index contributed by atoms with van der Waals surface area (Å²) in [6, 6.07) is 19.7. The third kappa shape index (κ3) is 5.43. The molecule has 1 saturated heterocycles. The molecule has 1 amide bonds. The Morgan fingerprint density at radius 2 is 1.65 bits per heavy atom. The summed E-state index contributed by atoms with van der Waals surface area (Å²) >= 11 is 0. The van der Waals surface area contributed by atoms with Crippen LogP contribution in [0.15, 0.2) is 71.2 Å². The van der Waals surface area contributed by atoms with Gasteiger partial charge >= 0.3 is 0 Å². The summed E-state index contributed by atoms with van der Waals surface area (Å²) in [6.07, 6.45) is 4.47. The van der Waals surface area contributed by atoms with Gasteiger partial charge in [-0.15, -0.1) is 0 Å². The Balaban J connectivity index is 0.000000486. The van der Waals surface area contributed by atoms with Crippen molar-refractivity contribution in [2.24, 2.45) is 22.2 Å². The Morgan fingerprint density at radius 1 is 0.971 bits per heavy atom. The van der Waals surface area contributed by atoms with E-state index in [1.807, 2.05) is 60.7 Å². The Labute approximate surface area is 200 Å². The number of pyridine rings is 1. The standard InChI is InChI=1S/C23H23N5O.C4H9N/c24-21(20(23(26)29)22(25)27-17-7-4-8-17)16-10-9-15-11-12-18(28-19(15)13-16)14-5-2-1-3-6-14;1-5-3-2-4-5/h1-3,5-6,9-13,17H,4,7-8,24H2,(H2,25,27)(H2,26,29);2-4H2,1H3/b21-20+;. The zero-order valence-corrected chi connectivity index (χ0v) is 19.6. The van der Waals surface area contributed by atoms with Crippen molar-refractivity contribution in [3.05, 3.63) is 71.8 Å². The van der Waals surface area contributed by atoms with E-state index in [2.05, 4.69) is 16.9 Å². The number of primary amides is 1. The van der Waals surface area contributed by atoms with Crippen LogP contribution in [-0.4, -0.2) is 47.8 Å². The molecule has 1 aliphatic heterocycles. The van der Waals surface area contributed by atoms with Gasteiger partial charge in [-0.2, -0.15) is 0 Å². The predicted octanol–water partition coefficient (Wildman–Crippen LogP) is 3.29. The monoisotopic (exact) mass is 456 g/mol. The molecule has 5 rings (SSSR count). The topological polar surface area (TPSA) is 124 Å². The van der Waals surface area contributed by atoms with Crippen LogP contribution in [0.1, 0.15) is 31.2 Å². The molecule has 7 heteroatoms. The molecule has 2 heterocycles. The van der Waals surface area contributed by atoms with Crippen molar-refractivity contribution in [3.63, 3.8) is 0 Å². The number of aromatic nitrogens is 1. The molecular formula is C27H32N6O. The van der Waals surface area contributed by atoms with Crippen molar-refractivity contribution in [1.82, 2.24) is 9.88 Å². The molecule has 1 aliphatic carbocycles. The van der Waals surface area contributed by atoms with Gasteiger partial charge in [0, 0.05) is 16.5 Å². The van der Waals surface area contributed by atoms with E-state index in [1.54, 1.807) is 0 Å². The molecule has 0 radical (unpaired) electrons. The first kappa shape index (κ1) is 23.4.